The second kappa shape index (κ2) is 13.3. The van der Waals surface area contributed by atoms with Gasteiger partial charge in [-0.15, -0.1) is 0 Å². The predicted octanol–water partition coefficient (Wildman–Crippen LogP) is 2.40. The van der Waals surface area contributed by atoms with Crippen molar-refractivity contribution in [2.45, 2.75) is 44.6 Å². The molecule has 13 heteroatoms. The maximum atomic E-state index is 13.8. The first-order chi connectivity index (χ1) is 19.3. The zero-order valence-electron chi connectivity index (χ0n) is 22.7. The van der Waals surface area contributed by atoms with Gasteiger partial charge >= 0.3 is 18.1 Å². The van der Waals surface area contributed by atoms with Gasteiger partial charge in [0.15, 0.2) is 11.5 Å². The van der Waals surface area contributed by atoms with Gasteiger partial charge in [-0.05, 0) is 26.0 Å². The maximum absolute atomic E-state index is 13.8. The van der Waals surface area contributed by atoms with Gasteiger partial charge in [-0.3, -0.25) is 4.90 Å². The van der Waals surface area contributed by atoms with E-state index in [-0.39, 0.29) is 68.6 Å². The SMILES string of the molecule is CCOC(=O)c1nc(OC[C@@H]2C[C@@H](F)CN2C)nc(N2CCN(C(=O)OCc3ccccc3)[C@@H](CC#N)C2)c1N. The minimum absolute atomic E-state index is 0.00317. The van der Waals surface area contributed by atoms with E-state index in [1.807, 2.05) is 42.3 Å². The molecule has 3 atom stereocenters. The number of nitrogen functional groups attached to an aromatic ring is 1. The molecule has 2 aromatic rings. The van der Waals surface area contributed by atoms with Crippen LogP contribution in [0.3, 0.4) is 0 Å². The number of nitriles is 1. The van der Waals surface area contributed by atoms with Crippen molar-refractivity contribution in [3.05, 3.63) is 41.6 Å². The van der Waals surface area contributed by atoms with E-state index in [2.05, 4.69) is 16.0 Å². The lowest BCUT2D eigenvalue weighted by molar-refractivity contribution is 0.0518. The number of amides is 1. The molecular weight excluding hydrogens is 521 g/mol. The molecule has 2 aliphatic heterocycles. The highest BCUT2D eigenvalue weighted by Gasteiger charge is 2.35. The predicted molar refractivity (Wildman–Crippen MR) is 143 cm³/mol. The molecule has 2 saturated heterocycles. The van der Waals surface area contributed by atoms with E-state index in [0.717, 1.165) is 5.56 Å². The number of benzene rings is 1. The number of hydrogen-bond donors (Lipinski definition) is 1. The molecule has 2 N–H and O–H groups in total. The van der Waals surface area contributed by atoms with Crippen LogP contribution in [0, 0.1) is 11.3 Å². The quantitative estimate of drug-likeness (QED) is 0.455. The monoisotopic (exact) mass is 555 g/mol. The summed E-state index contributed by atoms with van der Waals surface area (Å²) >= 11 is 0. The summed E-state index contributed by atoms with van der Waals surface area (Å²) in [5.74, 6) is -0.497. The highest BCUT2D eigenvalue weighted by atomic mass is 19.1. The van der Waals surface area contributed by atoms with E-state index in [1.54, 1.807) is 11.8 Å². The number of nitrogens with two attached hydrogens (primary N) is 1. The molecule has 40 heavy (non-hydrogen) atoms. The van der Waals surface area contributed by atoms with Gasteiger partial charge in [-0.1, -0.05) is 30.3 Å². The van der Waals surface area contributed by atoms with Crippen molar-refractivity contribution in [2.24, 2.45) is 0 Å². The Morgan fingerprint density at radius 1 is 1.15 bits per heavy atom. The van der Waals surface area contributed by atoms with Crippen molar-refractivity contribution in [1.29, 1.82) is 5.26 Å². The lowest BCUT2D eigenvalue weighted by Gasteiger charge is -2.40. The zero-order chi connectivity index (χ0) is 28.6. The Bertz CT molecular complexity index is 1230. The van der Waals surface area contributed by atoms with Crippen LogP contribution in [-0.4, -0.2) is 96.5 Å². The number of likely N-dealkylation sites (N-methyl/N-ethyl adjacent to an activating group) is 1. The normalized spacial score (nSPS) is 21.1. The van der Waals surface area contributed by atoms with E-state index in [4.69, 9.17) is 19.9 Å². The molecule has 2 aliphatic rings. The molecule has 0 saturated carbocycles. The van der Waals surface area contributed by atoms with Crippen molar-refractivity contribution in [3.8, 4) is 12.1 Å². The maximum Gasteiger partial charge on any atom is 0.410 e. The Hall–Kier alpha value is -4.18. The molecule has 4 rings (SSSR count). The molecule has 0 radical (unpaired) electrons. The fourth-order valence-electron chi connectivity index (χ4n) is 4.85. The Kier molecular flexibility index (Phi) is 9.55. The van der Waals surface area contributed by atoms with Crippen molar-refractivity contribution in [1.82, 2.24) is 19.8 Å². The molecule has 0 bridgehead atoms. The van der Waals surface area contributed by atoms with Crippen LogP contribution in [0.15, 0.2) is 30.3 Å². The summed E-state index contributed by atoms with van der Waals surface area (Å²) < 4.78 is 30.3. The van der Waals surface area contributed by atoms with Crippen LogP contribution >= 0.6 is 0 Å². The van der Waals surface area contributed by atoms with E-state index < -0.39 is 24.3 Å². The largest absolute Gasteiger partial charge is 0.462 e. The lowest BCUT2D eigenvalue weighted by Crippen LogP contribution is -2.55. The number of rotatable bonds is 9. The third-order valence-electron chi connectivity index (χ3n) is 6.96. The van der Waals surface area contributed by atoms with E-state index in [9.17, 15) is 19.2 Å². The van der Waals surface area contributed by atoms with Crippen LogP contribution in [0.1, 0.15) is 35.8 Å². The first-order valence-corrected chi connectivity index (χ1v) is 13.2. The number of carbonyl (C=O) groups excluding carboxylic acids is 2. The molecule has 12 nitrogen and oxygen atoms in total. The molecule has 1 aromatic carbocycles. The number of esters is 1. The molecule has 3 heterocycles. The van der Waals surface area contributed by atoms with Crippen LogP contribution in [0.2, 0.25) is 0 Å². The van der Waals surface area contributed by atoms with Gasteiger partial charge in [0.05, 0.1) is 25.1 Å². The molecule has 0 aliphatic carbocycles. The lowest BCUT2D eigenvalue weighted by atomic mass is 10.1. The number of carbonyl (C=O) groups is 2. The van der Waals surface area contributed by atoms with Crippen molar-refractivity contribution < 1.29 is 28.2 Å². The van der Waals surface area contributed by atoms with Gasteiger partial charge in [-0.2, -0.15) is 15.2 Å². The molecule has 0 unspecified atom stereocenters. The summed E-state index contributed by atoms with van der Waals surface area (Å²) in [4.78, 5) is 39.4. The first-order valence-electron chi connectivity index (χ1n) is 13.2. The summed E-state index contributed by atoms with van der Waals surface area (Å²) in [5.41, 5.74) is 7.06. The second-order valence-electron chi connectivity index (χ2n) is 9.75. The third kappa shape index (κ3) is 6.87. The van der Waals surface area contributed by atoms with Crippen molar-refractivity contribution in [2.75, 3.05) is 57.1 Å². The van der Waals surface area contributed by atoms with Crippen LogP contribution in [-0.2, 0) is 16.1 Å². The van der Waals surface area contributed by atoms with Crippen LogP contribution < -0.4 is 15.4 Å². The van der Waals surface area contributed by atoms with Gasteiger partial charge in [0.1, 0.15) is 25.1 Å². The van der Waals surface area contributed by atoms with Crippen LogP contribution in [0.4, 0.5) is 20.7 Å². The smallest absolute Gasteiger partial charge is 0.410 e. The number of nitrogens with zero attached hydrogens (tertiary/aromatic N) is 6. The fraction of sp³-hybridized carbons (Fsp3) is 0.519. The van der Waals surface area contributed by atoms with E-state index in [0.29, 0.717) is 19.5 Å². The number of piperazine rings is 1. The number of halogens is 1. The Labute approximate surface area is 232 Å². The number of likely N-dealkylation sites (tertiary alicyclic amines) is 1. The van der Waals surface area contributed by atoms with Gasteiger partial charge in [0.2, 0.25) is 0 Å². The summed E-state index contributed by atoms with van der Waals surface area (Å²) in [6, 6.07) is 10.7. The van der Waals surface area contributed by atoms with Gasteiger partial charge in [-0.25, -0.2) is 14.0 Å². The molecular formula is C27H34FN7O5. The summed E-state index contributed by atoms with van der Waals surface area (Å²) in [5, 5.41) is 9.46. The molecule has 1 amide bonds. The van der Waals surface area contributed by atoms with Crippen LogP contribution in [0.25, 0.3) is 0 Å². The minimum Gasteiger partial charge on any atom is -0.462 e. The highest BCUT2D eigenvalue weighted by Crippen LogP contribution is 2.30. The third-order valence-corrected chi connectivity index (χ3v) is 6.96. The summed E-state index contributed by atoms with van der Waals surface area (Å²) in [6.07, 6.45) is -1.10. The number of hydrogen-bond acceptors (Lipinski definition) is 11. The Morgan fingerprint density at radius 3 is 2.60 bits per heavy atom. The van der Waals surface area contributed by atoms with Gasteiger partial charge in [0, 0.05) is 32.2 Å². The standard InChI is InChI=1S/C27H34FN7O5/c1-3-38-25(36)23-22(30)24(32-26(31-23)39-17-21-13-19(28)14-33(21)2)34-11-12-35(20(15-34)9-10-29)27(37)40-16-18-7-5-4-6-8-18/h4-8,19-21H,3,9,11-17,30H2,1-2H3/t19-,20+,21+/m1/s1. The number of ether oxygens (including phenoxy) is 3. The van der Waals surface area contributed by atoms with E-state index >= 15 is 0 Å². The molecule has 0 spiro atoms. The first kappa shape index (κ1) is 28.8. The minimum atomic E-state index is -0.940. The average Bonchev–Trinajstić information content (AvgIpc) is 3.28. The van der Waals surface area contributed by atoms with Crippen LogP contribution in [0.5, 0.6) is 6.01 Å². The van der Waals surface area contributed by atoms with Crippen molar-refractivity contribution in [3.63, 3.8) is 0 Å². The van der Waals surface area contributed by atoms with E-state index in [1.165, 1.54) is 4.90 Å². The van der Waals surface area contributed by atoms with Gasteiger partial charge < -0.3 is 29.7 Å². The highest BCUT2D eigenvalue weighted by molar-refractivity contribution is 5.95. The zero-order valence-corrected chi connectivity index (χ0v) is 22.7. The number of anilines is 2. The summed E-state index contributed by atoms with van der Waals surface area (Å²) in [7, 11) is 1.81. The second-order valence-corrected chi connectivity index (χ2v) is 9.75. The number of aromatic nitrogens is 2. The number of alkyl halides is 1. The fourth-order valence-corrected chi connectivity index (χ4v) is 4.85. The topological polar surface area (TPSA) is 147 Å². The molecule has 1 aromatic heterocycles. The molecule has 214 valence electrons. The summed E-state index contributed by atoms with van der Waals surface area (Å²) in [6.45, 7) is 3.09. The van der Waals surface area contributed by atoms with Gasteiger partial charge in [0.25, 0.3) is 0 Å². The van der Waals surface area contributed by atoms with Crippen molar-refractivity contribution >= 4 is 23.6 Å². The Balaban J connectivity index is 1.52. The Morgan fingerprint density at radius 2 is 1.93 bits per heavy atom. The molecule has 2 fully saturated rings. The average molecular weight is 556 g/mol.